The topological polar surface area (TPSA) is 183 Å². The highest BCUT2D eigenvalue weighted by atomic mass is 16.8. The average molecular weight is 597 g/mol. The van der Waals surface area contributed by atoms with Crippen molar-refractivity contribution in [1.29, 1.82) is 0 Å². The number of fused-ring (bicyclic) bond motifs is 3. The summed E-state index contributed by atoms with van der Waals surface area (Å²) < 4.78 is 47.3. The molecule has 232 valence electrons. The van der Waals surface area contributed by atoms with Crippen molar-refractivity contribution in [3.63, 3.8) is 0 Å². The second-order valence-electron chi connectivity index (χ2n) is 12.4. The van der Waals surface area contributed by atoms with Crippen LogP contribution in [0, 0.1) is 11.3 Å². The van der Waals surface area contributed by atoms with Gasteiger partial charge in [-0.3, -0.25) is 24.0 Å². The molecule has 4 heterocycles. The first-order valence-corrected chi connectivity index (χ1v) is 13.9. The number of rotatable bonds is 4. The minimum absolute atomic E-state index is 0.0352. The molecule has 12 atom stereocenters. The molecule has 0 aromatic carbocycles. The maximum Gasteiger partial charge on any atom is 0.342 e. The molecule has 0 radical (unpaired) electrons. The Morgan fingerprint density at radius 1 is 0.786 bits per heavy atom. The summed E-state index contributed by atoms with van der Waals surface area (Å²) in [7, 11) is 0. The van der Waals surface area contributed by atoms with E-state index in [0.29, 0.717) is 0 Å². The highest BCUT2D eigenvalue weighted by molar-refractivity contribution is 5.89. The number of cyclic esters (lactones) is 1. The smallest absolute Gasteiger partial charge is 0.342 e. The van der Waals surface area contributed by atoms with E-state index in [2.05, 4.69) is 0 Å². The fourth-order valence-electron chi connectivity index (χ4n) is 7.69. The van der Waals surface area contributed by atoms with E-state index in [1.165, 1.54) is 20.8 Å². The largest absolute Gasteiger partial charge is 0.462 e. The maximum atomic E-state index is 13.2. The van der Waals surface area contributed by atoms with E-state index in [0.717, 1.165) is 13.8 Å². The van der Waals surface area contributed by atoms with Gasteiger partial charge in [0.05, 0.1) is 17.4 Å². The van der Waals surface area contributed by atoms with Crippen LogP contribution >= 0.6 is 0 Å². The lowest BCUT2D eigenvalue weighted by Gasteiger charge is -2.51. The van der Waals surface area contributed by atoms with Gasteiger partial charge in [0.2, 0.25) is 0 Å². The van der Waals surface area contributed by atoms with Crippen molar-refractivity contribution in [3.8, 4) is 0 Å². The summed E-state index contributed by atoms with van der Waals surface area (Å²) in [4.78, 5) is 76.6. The van der Waals surface area contributed by atoms with Gasteiger partial charge in [-0.25, -0.2) is 4.79 Å². The predicted octanol–water partition coefficient (Wildman–Crippen LogP) is 0.685. The fraction of sp³-hybridized carbons (Fsp3) is 0.786. The first-order chi connectivity index (χ1) is 19.4. The zero-order chi connectivity index (χ0) is 31.2. The van der Waals surface area contributed by atoms with Crippen LogP contribution in [0.1, 0.15) is 68.2 Å². The summed E-state index contributed by atoms with van der Waals surface area (Å²) in [5.74, 6) is -5.58. The SMILES string of the molecule is CC(=O)O[C@H]1C[C@@]2(C)O[C@H]2[C@@H]2OC(=O)[C@]3(C)O[C@]23[C@@H](OC(C)=O)[C@H]2[C@@H](C)OC(=O)C[C@H](OC(C)=O)[C@]2(C)[C@H]1OC(C)=O. The Kier molecular flexibility index (Phi) is 6.92. The number of hydrogen-bond donors (Lipinski definition) is 0. The van der Waals surface area contributed by atoms with Crippen molar-refractivity contribution in [3.05, 3.63) is 0 Å². The van der Waals surface area contributed by atoms with Crippen LogP contribution in [0.2, 0.25) is 0 Å². The molecule has 1 spiro atoms. The molecule has 0 N–H and O–H groups in total. The first-order valence-electron chi connectivity index (χ1n) is 13.9. The van der Waals surface area contributed by atoms with Gasteiger partial charge in [-0.2, -0.15) is 0 Å². The molecular weight excluding hydrogens is 560 g/mol. The molecule has 0 bridgehead atoms. The Bertz CT molecular complexity index is 1250. The van der Waals surface area contributed by atoms with Gasteiger partial charge in [-0.1, -0.05) is 6.92 Å². The molecule has 5 rings (SSSR count). The molecule has 14 nitrogen and oxygen atoms in total. The van der Waals surface area contributed by atoms with Crippen LogP contribution in [-0.2, 0) is 66.7 Å². The van der Waals surface area contributed by atoms with Crippen molar-refractivity contribution in [2.75, 3.05) is 0 Å². The minimum Gasteiger partial charge on any atom is -0.462 e. The monoisotopic (exact) mass is 596 g/mol. The molecule has 0 aromatic rings. The lowest BCUT2D eigenvalue weighted by Crippen LogP contribution is -2.65. The van der Waals surface area contributed by atoms with Crippen LogP contribution in [0.5, 0.6) is 0 Å². The van der Waals surface area contributed by atoms with Gasteiger partial charge in [0, 0.05) is 40.0 Å². The summed E-state index contributed by atoms with van der Waals surface area (Å²) in [6, 6.07) is 0. The van der Waals surface area contributed by atoms with Crippen molar-refractivity contribution in [2.45, 2.75) is 128 Å². The van der Waals surface area contributed by atoms with Gasteiger partial charge in [-0.05, 0) is 20.8 Å². The third-order valence-electron chi connectivity index (χ3n) is 9.44. The Morgan fingerprint density at radius 3 is 1.90 bits per heavy atom. The molecule has 0 unspecified atom stereocenters. The molecule has 4 aliphatic heterocycles. The van der Waals surface area contributed by atoms with Crippen LogP contribution in [-0.4, -0.2) is 95.3 Å². The number of ether oxygens (including phenoxy) is 8. The number of epoxide rings is 2. The summed E-state index contributed by atoms with van der Waals surface area (Å²) in [6.45, 7) is 11.0. The van der Waals surface area contributed by atoms with Crippen molar-refractivity contribution in [2.24, 2.45) is 11.3 Å². The highest BCUT2D eigenvalue weighted by Gasteiger charge is 2.91. The van der Waals surface area contributed by atoms with E-state index in [1.54, 1.807) is 20.8 Å². The summed E-state index contributed by atoms with van der Waals surface area (Å²) >= 11 is 0. The van der Waals surface area contributed by atoms with Crippen LogP contribution in [0.15, 0.2) is 0 Å². The van der Waals surface area contributed by atoms with Crippen molar-refractivity contribution < 1.29 is 66.7 Å². The molecule has 42 heavy (non-hydrogen) atoms. The van der Waals surface area contributed by atoms with E-state index in [1.807, 2.05) is 0 Å². The summed E-state index contributed by atoms with van der Waals surface area (Å²) in [6.07, 6.45) is -8.76. The third kappa shape index (κ3) is 4.36. The number of carbonyl (C=O) groups is 6. The van der Waals surface area contributed by atoms with Crippen LogP contribution < -0.4 is 0 Å². The van der Waals surface area contributed by atoms with E-state index >= 15 is 0 Å². The van der Waals surface area contributed by atoms with E-state index in [9.17, 15) is 28.8 Å². The van der Waals surface area contributed by atoms with Gasteiger partial charge in [0.15, 0.2) is 17.3 Å². The highest BCUT2D eigenvalue weighted by Crippen LogP contribution is 2.68. The number of carbonyl (C=O) groups excluding carboxylic acids is 6. The van der Waals surface area contributed by atoms with Crippen molar-refractivity contribution >= 4 is 35.8 Å². The quantitative estimate of drug-likeness (QED) is 0.251. The molecule has 14 heteroatoms. The molecule has 0 amide bonds. The van der Waals surface area contributed by atoms with Gasteiger partial charge >= 0.3 is 35.8 Å². The zero-order valence-electron chi connectivity index (χ0n) is 24.7. The maximum absolute atomic E-state index is 13.2. The van der Waals surface area contributed by atoms with Crippen LogP contribution in [0.25, 0.3) is 0 Å². The Labute approximate surface area is 241 Å². The molecule has 1 aliphatic carbocycles. The predicted molar refractivity (Wildman–Crippen MR) is 134 cm³/mol. The number of hydrogen-bond acceptors (Lipinski definition) is 14. The third-order valence-corrected chi connectivity index (χ3v) is 9.44. The second-order valence-corrected chi connectivity index (χ2v) is 12.4. The summed E-state index contributed by atoms with van der Waals surface area (Å²) in [5.41, 5.74) is -5.90. The summed E-state index contributed by atoms with van der Waals surface area (Å²) in [5, 5.41) is 0. The number of esters is 6. The Morgan fingerprint density at radius 2 is 1.36 bits per heavy atom. The van der Waals surface area contributed by atoms with Gasteiger partial charge < -0.3 is 37.9 Å². The Hall–Kier alpha value is -3.26. The molecular formula is C28H36O14. The molecule has 1 saturated carbocycles. The molecule has 5 fully saturated rings. The molecule has 5 aliphatic rings. The van der Waals surface area contributed by atoms with E-state index < -0.39 is 113 Å². The van der Waals surface area contributed by atoms with Gasteiger partial charge in [0.25, 0.3) is 0 Å². The average Bonchev–Trinajstić information content (AvgIpc) is 3.68. The van der Waals surface area contributed by atoms with Crippen LogP contribution in [0.3, 0.4) is 0 Å². The Balaban J connectivity index is 1.83. The molecule has 4 saturated heterocycles. The van der Waals surface area contributed by atoms with E-state index in [4.69, 9.17) is 37.9 Å². The van der Waals surface area contributed by atoms with Gasteiger partial charge in [-0.15, -0.1) is 0 Å². The first kappa shape index (κ1) is 30.2. The van der Waals surface area contributed by atoms with Crippen molar-refractivity contribution in [1.82, 2.24) is 0 Å². The lowest BCUT2D eigenvalue weighted by atomic mass is 9.58. The fourth-order valence-corrected chi connectivity index (χ4v) is 7.69. The molecule has 0 aromatic heterocycles. The van der Waals surface area contributed by atoms with Crippen LogP contribution in [0.4, 0.5) is 0 Å². The standard InChI is InChI=1S/C28H36O14/c1-11-19-21(39-15(5)32)28-23(40-24(34)27(28,8)42-28)22-25(6,41-22)10-16(36-12(2)29)20(38-14(4)31)26(19,7)17(37-13(3)30)9-18(33)35-11/h11,16-17,19-23H,9-10H2,1-8H3/t11-,16+,17+,19-,20+,21+,22+,23+,25-,26+,27+,28-/m1/s1. The normalized spacial score (nSPS) is 47.0. The van der Waals surface area contributed by atoms with Gasteiger partial charge in [0.1, 0.15) is 36.6 Å². The second kappa shape index (κ2) is 9.63. The minimum atomic E-state index is -1.65. The zero-order valence-corrected chi connectivity index (χ0v) is 24.7. The lowest BCUT2D eigenvalue weighted by molar-refractivity contribution is -0.225. The van der Waals surface area contributed by atoms with E-state index in [-0.39, 0.29) is 6.42 Å².